The van der Waals surface area contributed by atoms with Crippen LogP contribution in [0.2, 0.25) is 0 Å². The Kier molecular flexibility index (Phi) is 3.95. The molecular weight excluding hydrogens is 369 g/mol. The fourth-order valence-electron chi connectivity index (χ4n) is 3.82. The van der Waals surface area contributed by atoms with Crippen molar-refractivity contribution in [1.29, 1.82) is 0 Å². The predicted molar refractivity (Wildman–Crippen MR) is 92.2 cm³/mol. The molecule has 1 aromatic carbocycles. The summed E-state index contributed by atoms with van der Waals surface area (Å²) in [7, 11) is -3.62. The molecule has 3 saturated carbocycles. The van der Waals surface area contributed by atoms with Crippen LogP contribution in [0.5, 0.6) is 0 Å². The van der Waals surface area contributed by atoms with Crippen molar-refractivity contribution in [3.05, 3.63) is 35.9 Å². The molecule has 2 N–H and O–H groups in total. The summed E-state index contributed by atoms with van der Waals surface area (Å²) in [6.07, 6.45) is -3.71. The van der Waals surface area contributed by atoms with Crippen LogP contribution in [0.1, 0.15) is 42.1 Å². The summed E-state index contributed by atoms with van der Waals surface area (Å²) in [4.78, 5) is 12.7. The molecule has 5 nitrogen and oxygen atoms in total. The summed E-state index contributed by atoms with van der Waals surface area (Å²) in [6.45, 7) is 5.51. The summed E-state index contributed by atoms with van der Waals surface area (Å²) >= 11 is 0. The first-order valence-corrected chi connectivity index (χ1v) is 9.82. The van der Waals surface area contributed by atoms with E-state index in [0.29, 0.717) is 11.1 Å². The average molecular weight is 388 g/mol. The maximum atomic E-state index is 12.9. The van der Waals surface area contributed by atoms with Gasteiger partial charge in [-0.1, -0.05) is 18.2 Å². The number of anilines is 1. The van der Waals surface area contributed by atoms with Gasteiger partial charge in [-0.3, -0.25) is 9.52 Å². The van der Waals surface area contributed by atoms with Crippen molar-refractivity contribution in [2.24, 2.45) is 5.41 Å². The van der Waals surface area contributed by atoms with Crippen molar-refractivity contribution in [2.45, 2.75) is 37.9 Å². The molecule has 1 aromatic rings. The van der Waals surface area contributed by atoms with Crippen molar-refractivity contribution < 1.29 is 26.4 Å². The van der Waals surface area contributed by atoms with Crippen molar-refractivity contribution in [1.82, 2.24) is 5.32 Å². The standard InChI is InChI=1S/C17H19F3N2O3S/c1-10(2)11-4-5-13(22-26(3,24)25)12(6-11)14(23)21-16-7-15(8-16,9-16)17(18,19)20/h4-6,22H,1,7-9H2,2-3H3,(H,21,23). The van der Waals surface area contributed by atoms with Gasteiger partial charge in [0.05, 0.1) is 22.9 Å². The lowest BCUT2D eigenvalue weighted by atomic mass is 9.39. The van der Waals surface area contributed by atoms with Gasteiger partial charge in [-0.25, -0.2) is 8.42 Å². The second kappa shape index (κ2) is 5.48. The molecule has 0 atom stereocenters. The summed E-state index contributed by atoms with van der Waals surface area (Å²) in [5.74, 6) is -0.602. The highest BCUT2D eigenvalue weighted by molar-refractivity contribution is 7.92. The van der Waals surface area contributed by atoms with E-state index in [-0.39, 0.29) is 30.5 Å². The SMILES string of the molecule is C=C(C)c1ccc(NS(C)(=O)=O)c(C(=O)NC23CC(C(F)(F)F)(C2)C3)c1. The Hall–Kier alpha value is -2.03. The van der Waals surface area contributed by atoms with Gasteiger partial charge >= 0.3 is 6.18 Å². The van der Waals surface area contributed by atoms with Crippen LogP contribution < -0.4 is 10.0 Å². The van der Waals surface area contributed by atoms with Gasteiger partial charge in [0, 0.05) is 5.54 Å². The van der Waals surface area contributed by atoms with Crippen LogP contribution in [-0.2, 0) is 10.0 Å². The van der Waals surface area contributed by atoms with Crippen LogP contribution in [0.15, 0.2) is 24.8 Å². The molecule has 3 aliphatic carbocycles. The Bertz CT molecular complexity index is 887. The van der Waals surface area contributed by atoms with E-state index in [1.54, 1.807) is 13.0 Å². The third-order valence-corrected chi connectivity index (χ3v) is 5.65. The number of rotatable bonds is 5. The third kappa shape index (κ3) is 3.08. The lowest BCUT2D eigenvalue weighted by Crippen LogP contribution is -2.78. The van der Waals surface area contributed by atoms with Gasteiger partial charge in [0.1, 0.15) is 0 Å². The smallest absolute Gasteiger partial charge is 0.346 e. The largest absolute Gasteiger partial charge is 0.394 e. The molecule has 0 aliphatic heterocycles. The minimum Gasteiger partial charge on any atom is -0.346 e. The first kappa shape index (κ1) is 18.8. The molecule has 1 amide bonds. The number of allylic oxidation sites excluding steroid dienone is 1. The van der Waals surface area contributed by atoms with Crippen LogP contribution in [0.4, 0.5) is 18.9 Å². The first-order chi connectivity index (χ1) is 11.8. The summed E-state index contributed by atoms with van der Waals surface area (Å²) in [6, 6.07) is 4.54. The Morgan fingerprint density at radius 3 is 2.27 bits per heavy atom. The van der Waals surface area contributed by atoms with E-state index in [1.807, 2.05) is 0 Å². The molecule has 0 radical (unpaired) electrons. The second-order valence-electron chi connectivity index (χ2n) is 7.46. The highest BCUT2D eigenvalue weighted by atomic mass is 32.2. The minimum atomic E-state index is -4.26. The quantitative estimate of drug-likeness (QED) is 0.813. The molecule has 4 rings (SSSR count). The van der Waals surface area contributed by atoms with Gasteiger partial charge in [-0.2, -0.15) is 13.2 Å². The van der Waals surface area contributed by atoms with Crippen LogP contribution >= 0.6 is 0 Å². The van der Waals surface area contributed by atoms with Crippen LogP contribution in [0.25, 0.3) is 5.57 Å². The Morgan fingerprint density at radius 1 is 1.23 bits per heavy atom. The minimum absolute atomic E-state index is 0.0571. The molecule has 9 heteroatoms. The molecular formula is C17H19F3N2O3S. The molecule has 0 saturated heterocycles. The number of carbonyl (C=O) groups is 1. The highest BCUT2D eigenvalue weighted by Gasteiger charge is 2.79. The number of halogens is 3. The van der Waals surface area contributed by atoms with Gasteiger partial charge in [-0.15, -0.1) is 0 Å². The zero-order valence-corrected chi connectivity index (χ0v) is 15.1. The van der Waals surface area contributed by atoms with Gasteiger partial charge in [0.15, 0.2) is 0 Å². The third-order valence-electron chi connectivity index (χ3n) is 5.06. The molecule has 0 aromatic heterocycles. The maximum Gasteiger partial charge on any atom is 0.394 e. The molecule has 142 valence electrons. The number of amides is 1. The van der Waals surface area contributed by atoms with E-state index in [4.69, 9.17) is 0 Å². The van der Waals surface area contributed by atoms with E-state index >= 15 is 0 Å². The molecule has 26 heavy (non-hydrogen) atoms. The van der Waals surface area contributed by atoms with Gasteiger partial charge < -0.3 is 5.32 Å². The van der Waals surface area contributed by atoms with E-state index in [1.165, 1.54) is 12.1 Å². The van der Waals surface area contributed by atoms with E-state index in [0.717, 1.165) is 6.26 Å². The molecule has 3 aliphatic rings. The number of carbonyl (C=O) groups excluding carboxylic acids is 1. The first-order valence-electron chi connectivity index (χ1n) is 7.93. The van der Waals surface area contributed by atoms with Crippen LogP contribution in [0.3, 0.4) is 0 Å². The number of benzene rings is 1. The van der Waals surface area contributed by atoms with Crippen molar-refractivity contribution in [3.63, 3.8) is 0 Å². The summed E-state index contributed by atoms with van der Waals surface area (Å²) in [5.41, 5.74) is -1.08. The van der Waals surface area contributed by atoms with E-state index < -0.39 is 33.1 Å². The molecule has 0 heterocycles. The average Bonchev–Trinajstić information content (AvgIpc) is 2.37. The monoisotopic (exact) mass is 388 g/mol. The fourth-order valence-corrected chi connectivity index (χ4v) is 4.39. The lowest BCUT2D eigenvalue weighted by molar-refractivity contribution is -0.336. The van der Waals surface area contributed by atoms with E-state index in [9.17, 15) is 26.4 Å². The number of alkyl halides is 3. The molecule has 0 unspecified atom stereocenters. The second-order valence-corrected chi connectivity index (χ2v) is 9.21. The molecule has 2 bridgehead atoms. The Balaban J connectivity index is 1.83. The van der Waals surface area contributed by atoms with Crippen LogP contribution in [-0.4, -0.2) is 32.3 Å². The zero-order valence-electron chi connectivity index (χ0n) is 14.3. The number of hydrogen-bond acceptors (Lipinski definition) is 3. The number of sulfonamides is 1. The summed E-state index contributed by atoms with van der Waals surface area (Å²) in [5, 5.41) is 2.66. The zero-order chi connectivity index (χ0) is 19.5. The van der Waals surface area contributed by atoms with Crippen molar-refractivity contribution >= 4 is 27.2 Å². The molecule has 3 fully saturated rings. The Labute approximate surface area is 149 Å². The van der Waals surface area contributed by atoms with Gasteiger partial charge in [0.25, 0.3) is 5.91 Å². The topological polar surface area (TPSA) is 75.3 Å². The summed E-state index contributed by atoms with van der Waals surface area (Å²) < 4.78 is 64.1. The van der Waals surface area contributed by atoms with Crippen molar-refractivity contribution in [2.75, 3.05) is 11.0 Å². The fraction of sp³-hybridized carbons (Fsp3) is 0.471. The van der Waals surface area contributed by atoms with Gasteiger partial charge in [-0.05, 0) is 43.9 Å². The van der Waals surface area contributed by atoms with E-state index in [2.05, 4.69) is 16.6 Å². The predicted octanol–water partition coefficient (Wildman–Crippen LogP) is 3.31. The normalized spacial score (nSPS) is 27.1. The van der Waals surface area contributed by atoms with Gasteiger partial charge in [0.2, 0.25) is 10.0 Å². The highest BCUT2D eigenvalue weighted by Crippen LogP contribution is 2.73. The lowest BCUT2D eigenvalue weighted by Gasteiger charge is -2.70. The van der Waals surface area contributed by atoms with Crippen molar-refractivity contribution in [3.8, 4) is 0 Å². The number of nitrogens with one attached hydrogen (secondary N) is 2. The number of hydrogen-bond donors (Lipinski definition) is 2. The Morgan fingerprint density at radius 2 is 1.81 bits per heavy atom. The molecule has 0 spiro atoms. The maximum absolute atomic E-state index is 12.9. The van der Waals surface area contributed by atoms with Crippen LogP contribution in [0, 0.1) is 5.41 Å².